The molecule has 0 spiro atoms. The fraction of sp³-hybridized carbons (Fsp3) is 0.273. The molecule has 0 aliphatic heterocycles. The molecule has 0 unspecified atom stereocenters. The first-order valence-corrected chi connectivity index (χ1v) is 5.05. The maximum atomic E-state index is 11.9. The van der Waals surface area contributed by atoms with Crippen LogP contribution in [0.2, 0.25) is 0 Å². The molecule has 0 atom stereocenters. The van der Waals surface area contributed by atoms with E-state index in [1.165, 1.54) is 7.05 Å². The lowest BCUT2D eigenvalue weighted by Gasteiger charge is -2.09. The highest BCUT2D eigenvalue weighted by atomic mass is 19.4. The van der Waals surface area contributed by atoms with Gasteiger partial charge in [-0.3, -0.25) is 4.79 Å². The van der Waals surface area contributed by atoms with Gasteiger partial charge in [0, 0.05) is 7.05 Å². The van der Waals surface area contributed by atoms with Crippen molar-refractivity contribution in [3.8, 4) is 5.75 Å². The first-order chi connectivity index (χ1) is 8.81. The molecule has 104 valence electrons. The number of ether oxygens (including phenoxy) is 2. The third kappa shape index (κ3) is 5.28. The number of nitrogens with one attached hydrogen (secondary N) is 1. The molecule has 0 aliphatic carbocycles. The maximum absolute atomic E-state index is 11.9. The van der Waals surface area contributed by atoms with Crippen LogP contribution in [-0.4, -0.2) is 31.9 Å². The summed E-state index contributed by atoms with van der Waals surface area (Å²) in [6, 6.07) is 4.16. The second-order valence-corrected chi connectivity index (χ2v) is 3.32. The predicted molar refractivity (Wildman–Crippen MR) is 57.5 cm³/mol. The minimum Gasteiger partial charge on any atom is -0.452 e. The predicted octanol–water partition coefficient (Wildman–Crippen LogP) is 1.49. The third-order valence-electron chi connectivity index (χ3n) is 1.94. The van der Waals surface area contributed by atoms with E-state index in [1.54, 1.807) is 0 Å². The number of rotatable bonds is 4. The van der Waals surface area contributed by atoms with Crippen LogP contribution in [0.5, 0.6) is 5.75 Å². The number of carbonyl (C=O) groups excluding carboxylic acids is 2. The van der Waals surface area contributed by atoms with Crippen molar-refractivity contribution in [1.82, 2.24) is 5.32 Å². The molecule has 5 nitrogen and oxygen atoms in total. The molecule has 0 heterocycles. The van der Waals surface area contributed by atoms with Gasteiger partial charge < -0.3 is 14.8 Å². The largest absolute Gasteiger partial charge is 0.573 e. The van der Waals surface area contributed by atoms with Crippen LogP contribution in [0.4, 0.5) is 13.2 Å². The minimum atomic E-state index is -4.79. The second kappa shape index (κ2) is 6.07. The zero-order valence-electron chi connectivity index (χ0n) is 9.78. The lowest BCUT2D eigenvalue weighted by atomic mass is 10.2. The van der Waals surface area contributed by atoms with Gasteiger partial charge in [0.05, 0.1) is 5.56 Å². The van der Waals surface area contributed by atoms with Crippen molar-refractivity contribution in [1.29, 1.82) is 0 Å². The van der Waals surface area contributed by atoms with Crippen LogP contribution in [0, 0.1) is 0 Å². The summed E-state index contributed by atoms with van der Waals surface area (Å²) >= 11 is 0. The number of amides is 1. The van der Waals surface area contributed by atoms with Crippen LogP contribution in [0.1, 0.15) is 10.4 Å². The smallest absolute Gasteiger partial charge is 0.452 e. The number of carbonyl (C=O) groups is 2. The molecular weight excluding hydrogens is 267 g/mol. The van der Waals surface area contributed by atoms with E-state index in [-0.39, 0.29) is 5.56 Å². The number of hydrogen-bond acceptors (Lipinski definition) is 4. The van der Waals surface area contributed by atoms with Gasteiger partial charge in [0.25, 0.3) is 5.91 Å². The molecule has 0 fully saturated rings. The quantitative estimate of drug-likeness (QED) is 0.847. The molecule has 19 heavy (non-hydrogen) atoms. The highest BCUT2D eigenvalue weighted by Gasteiger charge is 2.31. The van der Waals surface area contributed by atoms with E-state index in [0.29, 0.717) is 0 Å². The van der Waals surface area contributed by atoms with Crippen LogP contribution in [-0.2, 0) is 9.53 Å². The van der Waals surface area contributed by atoms with E-state index in [9.17, 15) is 22.8 Å². The Hall–Kier alpha value is -2.25. The van der Waals surface area contributed by atoms with Crippen molar-refractivity contribution < 1.29 is 32.2 Å². The lowest BCUT2D eigenvalue weighted by molar-refractivity contribution is -0.274. The van der Waals surface area contributed by atoms with E-state index < -0.39 is 30.6 Å². The van der Waals surface area contributed by atoms with Crippen molar-refractivity contribution in [2.45, 2.75) is 6.36 Å². The number of alkyl halides is 3. The maximum Gasteiger partial charge on any atom is 0.573 e. The molecule has 1 aromatic carbocycles. The summed E-state index contributed by atoms with van der Waals surface area (Å²) in [6.45, 7) is -0.462. The van der Waals surface area contributed by atoms with Gasteiger partial charge >= 0.3 is 12.3 Å². The molecule has 1 amide bonds. The number of benzene rings is 1. The molecule has 0 radical (unpaired) electrons. The Morgan fingerprint density at radius 2 is 1.79 bits per heavy atom. The Bertz CT molecular complexity index is 456. The van der Waals surface area contributed by atoms with Crippen LogP contribution >= 0.6 is 0 Å². The summed E-state index contributed by atoms with van der Waals surface area (Å²) in [7, 11) is 1.37. The Morgan fingerprint density at radius 1 is 1.21 bits per heavy atom. The molecule has 1 rings (SSSR count). The van der Waals surface area contributed by atoms with Gasteiger partial charge in [0.2, 0.25) is 0 Å². The van der Waals surface area contributed by atoms with Gasteiger partial charge in [-0.25, -0.2) is 4.79 Å². The molecule has 0 saturated carbocycles. The average Bonchev–Trinajstić information content (AvgIpc) is 2.34. The van der Waals surface area contributed by atoms with E-state index in [2.05, 4.69) is 14.8 Å². The summed E-state index contributed by atoms with van der Waals surface area (Å²) in [4.78, 5) is 22.2. The minimum absolute atomic E-state index is 0.0124. The first-order valence-electron chi connectivity index (χ1n) is 5.05. The molecule has 0 aliphatic rings. The number of halogens is 3. The fourth-order valence-corrected chi connectivity index (χ4v) is 1.08. The van der Waals surface area contributed by atoms with E-state index in [1.807, 2.05) is 0 Å². The van der Waals surface area contributed by atoms with Crippen molar-refractivity contribution in [2.75, 3.05) is 13.7 Å². The Labute approximate surface area is 106 Å². The van der Waals surface area contributed by atoms with Crippen molar-refractivity contribution >= 4 is 11.9 Å². The fourth-order valence-electron chi connectivity index (χ4n) is 1.08. The Kier molecular flexibility index (Phi) is 4.74. The molecule has 8 heteroatoms. The zero-order chi connectivity index (χ0) is 14.5. The Balaban J connectivity index is 2.61. The van der Waals surface area contributed by atoms with Crippen LogP contribution < -0.4 is 10.1 Å². The van der Waals surface area contributed by atoms with Gasteiger partial charge in [-0.05, 0) is 24.3 Å². The highest BCUT2D eigenvalue weighted by Crippen LogP contribution is 2.22. The van der Waals surface area contributed by atoms with Gasteiger partial charge in [-0.15, -0.1) is 13.2 Å². The first kappa shape index (κ1) is 14.8. The normalized spacial score (nSPS) is 10.7. The van der Waals surface area contributed by atoms with Gasteiger partial charge in [-0.2, -0.15) is 0 Å². The van der Waals surface area contributed by atoms with Gasteiger partial charge in [0.15, 0.2) is 6.61 Å². The number of esters is 1. The number of hydrogen-bond donors (Lipinski definition) is 1. The third-order valence-corrected chi connectivity index (χ3v) is 1.94. The molecule has 0 saturated heterocycles. The van der Waals surface area contributed by atoms with E-state index in [0.717, 1.165) is 24.3 Å². The molecule has 0 bridgehead atoms. The zero-order valence-corrected chi connectivity index (χ0v) is 9.78. The standard InChI is InChI=1S/C11H10F3NO4/c1-15-9(16)6-18-10(17)7-2-4-8(5-3-7)19-11(12,13)14/h2-5H,6H2,1H3,(H,15,16). The highest BCUT2D eigenvalue weighted by molar-refractivity contribution is 5.91. The molecular formula is C11H10F3NO4. The molecule has 1 aromatic rings. The topological polar surface area (TPSA) is 64.6 Å². The SMILES string of the molecule is CNC(=O)COC(=O)c1ccc(OC(F)(F)F)cc1. The van der Waals surface area contributed by atoms with Crippen LogP contribution in [0.3, 0.4) is 0 Å². The van der Waals surface area contributed by atoms with E-state index >= 15 is 0 Å². The van der Waals surface area contributed by atoms with Gasteiger partial charge in [-0.1, -0.05) is 0 Å². The van der Waals surface area contributed by atoms with Crippen molar-refractivity contribution in [3.63, 3.8) is 0 Å². The second-order valence-electron chi connectivity index (χ2n) is 3.32. The number of likely N-dealkylation sites (N-methyl/N-ethyl adjacent to an activating group) is 1. The van der Waals surface area contributed by atoms with Crippen LogP contribution in [0.25, 0.3) is 0 Å². The summed E-state index contributed by atoms with van der Waals surface area (Å²) in [5, 5.41) is 2.25. The molecule has 1 N–H and O–H groups in total. The van der Waals surface area contributed by atoms with Gasteiger partial charge in [0.1, 0.15) is 5.75 Å². The van der Waals surface area contributed by atoms with Crippen LogP contribution in [0.15, 0.2) is 24.3 Å². The average molecular weight is 277 g/mol. The summed E-state index contributed by atoms with van der Waals surface area (Å²) < 4.78 is 43.9. The summed E-state index contributed by atoms with van der Waals surface area (Å²) in [5.74, 6) is -1.76. The van der Waals surface area contributed by atoms with Crippen molar-refractivity contribution in [2.24, 2.45) is 0 Å². The summed E-state index contributed by atoms with van der Waals surface area (Å²) in [5.41, 5.74) is 0.0124. The Morgan fingerprint density at radius 3 is 2.26 bits per heavy atom. The monoisotopic (exact) mass is 277 g/mol. The lowest BCUT2D eigenvalue weighted by Crippen LogP contribution is -2.25. The molecule has 0 aromatic heterocycles. The van der Waals surface area contributed by atoms with Crippen molar-refractivity contribution in [3.05, 3.63) is 29.8 Å². The van der Waals surface area contributed by atoms with E-state index in [4.69, 9.17) is 0 Å². The summed E-state index contributed by atoms with van der Waals surface area (Å²) in [6.07, 6.45) is -4.79.